The van der Waals surface area contributed by atoms with Crippen molar-refractivity contribution in [3.8, 4) is 0 Å². The SMILES string of the molecule is CC(C)CC1CCC(OC(=O)/C=C/C(=O)OC2CCCCC2)CC1. The monoisotopic (exact) mass is 336 g/mol. The quantitative estimate of drug-likeness (QED) is 0.527. The van der Waals surface area contributed by atoms with E-state index in [9.17, 15) is 9.59 Å². The number of esters is 2. The zero-order valence-corrected chi connectivity index (χ0v) is 15.2. The first-order valence-electron chi connectivity index (χ1n) is 9.62. The smallest absolute Gasteiger partial charge is 0.331 e. The fourth-order valence-electron chi connectivity index (χ4n) is 3.88. The molecule has 0 aromatic carbocycles. The highest BCUT2D eigenvalue weighted by molar-refractivity contribution is 5.91. The van der Waals surface area contributed by atoms with Crippen LogP contribution in [0.25, 0.3) is 0 Å². The van der Waals surface area contributed by atoms with Crippen molar-refractivity contribution in [2.24, 2.45) is 11.8 Å². The van der Waals surface area contributed by atoms with Crippen LogP contribution < -0.4 is 0 Å². The largest absolute Gasteiger partial charge is 0.459 e. The molecule has 0 aromatic heterocycles. The molecule has 2 saturated carbocycles. The molecule has 0 aromatic rings. The first kappa shape index (κ1) is 19.0. The molecule has 2 fully saturated rings. The van der Waals surface area contributed by atoms with Gasteiger partial charge in [-0.2, -0.15) is 0 Å². The summed E-state index contributed by atoms with van der Waals surface area (Å²) in [6.45, 7) is 4.51. The Balaban J connectivity index is 1.64. The van der Waals surface area contributed by atoms with Crippen molar-refractivity contribution in [3.05, 3.63) is 12.2 Å². The van der Waals surface area contributed by atoms with Gasteiger partial charge in [0.2, 0.25) is 0 Å². The van der Waals surface area contributed by atoms with E-state index in [0.29, 0.717) is 0 Å². The molecule has 0 saturated heterocycles. The van der Waals surface area contributed by atoms with Gasteiger partial charge in [0.15, 0.2) is 0 Å². The molecule has 0 bridgehead atoms. The first-order valence-corrected chi connectivity index (χ1v) is 9.62. The summed E-state index contributed by atoms with van der Waals surface area (Å²) >= 11 is 0. The number of hydrogen-bond donors (Lipinski definition) is 0. The predicted molar refractivity (Wildman–Crippen MR) is 93.4 cm³/mol. The average Bonchev–Trinajstić information content (AvgIpc) is 2.55. The summed E-state index contributed by atoms with van der Waals surface area (Å²) in [4.78, 5) is 23.6. The van der Waals surface area contributed by atoms with Crippen LogP contribution in [0.15, 0.2) is 12.2 Å². The van der Waals surface area contributed by atoms with Crippen LogP contribution in [0.2, 0.25) is 0 Å². The van der Waals surface area contributed by atoms with Gasteiger partial charge < -0.3 is 9.47 Å². The Hall–Kier alpha value is -1.32. The topological polar surface area (TPSA) is 52.6 Å². The Labute approximate surface area is 146 Å². The number of carbonyl (C=O) groups is 2. The van der Waals surface area contributed by atoms with Gasteiger partial charge in [-0.05, 0) is 69.6 Å². The number of hydrogen-bond acceptors (Lipinski definition) is 4. The third kappa shape index (κ3) is 7.06. The molecule has 0 aliphatic heterocycles. The van der Waals surface area contributed by atoms with E-state index in [-0.39, 0.29) is 12.2 Å². The number of carbonyl (C=O) groups excluding carboxylic acids is 2. The van der Waals surface area contributed by atoms with E-state index < -0.39 is 11.9 Å². The summed E-state index contributed by atoms with van der Waals surface area (Å²) in [5.74, 6) is 0.635. The van der Waals surface area contributed by atoms with Crippen LogP contribution in [0, 0.1) is 11.8 Å². The van der Waals surface area contributed by atoms with Crippen molar-refractivity contribution >= 4 is 11.9 Å². The molecule has 2 aliphatic carbocycles. The van der Waals surface area contributed by atoms with Crippen LogP contribution >= 0.6 is 0 Å². The molecule has 0 unspecified atom stereocenters. The standard InChI is InChI=1S/C20H32O4/c1-15(2)14-16-8-10-18(11-9-16)24-20(22)13-12-19(21)23-17-6-4-3-5-7-17/h12-13,15-18H,3-11,14H2,1-2H3/b13-12+. The van der Waals surface area contributed by atoms with Gasteiger partial charge in [0.1, 0.15) is 12.2 Å². The molecule has 2 rings (SSSR count). The van der Waals surface area contributed by atoms with Crippen molar-refractivity contribution in [1.29, 1.82) is 0 Å². The summed E-state index contributed by atoms with van der Waals surface area (Å²) in [5, 5.41) is 0. The van der Waals surface area contributed by atoms with Crippen LogP contribution in [0.5, 0.6) is 0 Å². The summed E-state index contributed by atoms with van der Waals surface area (Å²) in [5.41, 5.74) is 0. The highest BCUT2D eigenvalue weighted by Gasteiger charge is 2.24. The van der Waals surface area contributed by atoms with Gasteiger partial charge in [-0.25, -0.2) is 9.59 Å². The van der Waals surface area contributed by atoms with Crippen LogP contribution in [0.1, 0.15) is 78.1 Å². The summed E-state index contributed by atoms with van der Waals surface area (Å²) in [6, 6.07) is 0. The highest BCUT2D eigenvalue weighted by atomic mass is 16.5. The Morgan fingerprint density at radius 2 is 1.33 bits per heavy atom. The van der Waals surface area contributed by atoms with Crippen molar-refractivity contribution in [2.75, 3.05) is 0 Å². The molecule has 2 aliphatic rings. The van der Waals surface area contributed by atoms with E-state index in [1.807, 2.05) is 0 Å². The summed E-state index contributed by atoms with van der Waals surface area (Å²) in [6.07, 6.45) is 13.1. The van der Waals surface area contributed by atoms with Gasteiger partial charge in [0.25, 0.3) is 0 Å². The molecule has 0 atom stereocenters. The lowest BCUT2D eigenvalue weighted by molar-refractivity contribution is -0.147. The van der Waals surface area contributed by atoms with E-state index in [2.05, 4.69) is 13.8 Å². The second kappa shape index (κ2) is 9.85. The van der Waals surface area contributed by atoms with Gasteiger partial charge in [-0.1, -0.05) is 20.3 Å². The minimum absolute atomic E-state index is 0.0000675. The maximum atomic E-state index is 11.9. The van der Waals surface area contributed by atoms with Crippen LogP contribution in [0.4, 0.5) is 0 Å². The number of rotatable bonds is 6. The number of ether oxygens (including phenoxy) is 2. The molecule has 0 heterocycles. The lowest BCUT2D eigenvalue weighted by Gasteiger charge is -2.28. The molecule has 0 radical (unpaired) electrons. The lowest BCUT2D eigenvalue weighted by Crippen LogP contribution is -2.24. The summed E-state index contributed by atoms with van der Waals surface area (Å²) < 4.78 is 10.8. The maximum Gasteiger partial charge on any atom is 0.331 e. The molecule has 0 amide bonds. The third-order valence-electron chi connectivity index (χ3n) is 5.07. The highest BCUT2D eigenvalue weighted by Crippen LogP contribution is 2.30. The Morgan fingerprint density at radius 3 is 1.83 bits per heavy atom. The van der Waals surface area contributed by atoms with E-state index in [1.54, 1.807) is 0 Å². The van der Waals surface area contributed by atoms with Crippen LogP contribution in [0.3, 0.4) is 0 Å². The molecule has 0 N–H and O–H groups in total. The van der Waals surface area contributed by atoms with Gasteiger partial charge in [-0.3, -0.25) is 0 Å². The fourth-order valence-corrected chi connectivity index (χ4v) is 3.88. The Morgan fingerprint density at radius 1 is 0.833 bits per heavy atom. The Bertz CT molecular complexity index is 427. The lowest BCUT2D eigenvalue weighted by atomic mass is 9.82. The van der Waals surface area contributed by atoms with E-state index in [4.69, 9.17) is 9.47 Å². The third-order valence-corrected chi connectivity index (χ3v) is 5.07. The van der Waals surface area contributed by atoms with Crippen molar-refractivity contribution in [3.63, 3.8) is 0 Å². The van der Waals surface area contributed by atoms with Crippen LogP contribution in [-0.4, -0.2) is 24.1 Å². The van der Waals surface area contributed by atoms with Gasteiger partial charge in [0.05, 0.1) is 0 Å². The molecular formula is C20H32O4. The zero-order chi connectivity index (χ0) is 17.4. The predicted octanol–water partition coefficient (Wildman–Crippen LogP) is 4.57. The minimum Gasteiger partial charge on any atom is -0.459 e. The molecule has 4 nitrogen and oxygen atoms in total. The van der Waals surface area contributed by atoms with Crippen molar-refractivity contribution < 1.29 is 19.1 Å². The van der Waals surface area contributed by atoms with Crippen molar-refractivity contribution in [2.45, 2.75) is 90.3 Å². The summed E-state index contributed by atoms with van der Waals surface area (Å²) in [7, 11) is 0. The van der Waals surface area contributed by atoms with Crippen molar-refractivity contribution in [1.82, 2.24) is 0 Å². The molecule has 24 heavy (non-hydrogen) atoms. The van der Waals surface area contributed by atoms with E-state index in [1.165, 1.54) is 25.0 Å². The molecule has 4 heteroatoms. The molecule has 0 spiro atoms. The average molecular weight is 336 g/mol. The van der Waals surface area contributed by atoms with Gasteiger partial charge >= 0.3 is 11.9 Å². The van der Waals surface area contributed by atoms with E-state index in [0.717, 1.165) is 63.2 Å². The zero-order valence-electron chi connectivity index (χ0n) is 15.2. The van der Waals surface area contributed by atoms with Gasteiger partial charge in [-0.15, -0.1) is 0 Å². The normalized spacial score (nSPS) is 25.8. The second-order valence-electron chi connectivity index (χ2n) is 7.74. The Kier molecular flexibility index (Phi) is 7.80. The van der Waals surface area contributed by atoms with Crippen LogP contribution in [-0.2, 0) is 19.1 Å². The minimum atomic E-state index is -0.431. The van der Waals surface area contributed by atoms with Gasteiger partial charge in [0, 0.05) is 12.2 Å². The second-order valence-corrected chi connectivity index (χ2v) is 7.74. The first-order chi connectivity index (χ1) is 11.5. The van der Waals surface area contributed by atoms with E-state index >= 15 is 0 Å². The molecular weight excluding hydrogens is 304 g/mol. The molecule has 136 valence electrons. The maximum absolute atomic E-state index is 11.9. The fraction of sp³-hybridized carbons (Fsp3) is 0.800.